The summed E-state index contributed by atoms with van der Waals surface area (Å²) in [7, 11) is -3.43. The number of carbonyl (C=O) groups is 1. The van der Waals surface area contributed by atoms with Gasteiger partial charge < -0.3 is 9.64 Å². The number of hydrogen-bond acceptors (Lipinski definition) is 5. The van der Waals surface area contributed by atoms with Crippen LogP contribution in [0.1, 0.15) is 25.7 Å². The van der Waals surface area contributed by atoms with Crippen molar-refractivity contribution in [1.29, 1.82) is 0 Å². The standard InChI is InChI=1S/C16H30N4O4S/c21-16(15-17-5-3-1-2-4-6-17)18-7-9-19(10-8-18)25(22,23)20-11-13-24-14-12-20/h1-15H2. The average Bonchev–Trinajstić information content (AvgIpc) is 2.91. The van der Waals surface area contributed by atoms with Crippen molar-refractivity contribution >= 4 is 16.1 Å². The molecular weight excluding hydrogens is 344 g/mol. The molecule has 3 aliphatic heterocycles. The summed E-state index contributed by atoms with van der Waals surface area (Å²) in [5.74, 6) is 0.130. The van der Waals surface area contributed by atoms with Gasteiger partial charge in [0.25, 0.3) is 10.2 Å². The Morgan fingerprint density at radius 2 is 1.32 bits per heavy atom. The molecule has 0 aromatic rings. The quantitative estimate of drug-likeness (QED) is 0.669. The number of rotatable bonds is 4. The van der Waals surface area contributed by atoms with Crippen LogP contribution in [-0.2, 0) is 19.7 Å². The number of carbonyl (C=O) groups excluding carboxylic acids is 1. The third-order valence-electron chi connectivity index (χ3n) is 5.27. The van der Waals surface area contributed by atoms with E-state index in [-0.39, 0.29) is 5.91 Å². The van der Waals surface area contributed by atoms with Gasteiger partial charge in [-0.1, -0.05) is 12.8 Å². The molecule has 0 aromatic carbocycles. The second kappa shape index (κ2) is 8.77. The molecule has 3 saturated heterocycles. The Kier molecular flexibility index (Phi) is 6.67. The molecule has 3 rings (SSSR count). The van der Waals surface area contributed by atoms with E-state index in [0.717, 1.165) is 13.1 Å². The zero-order valence-electron chi connectivity index (χ0n) is 14.9. The molecule has 0 aromatic heterocycles. The maximum absolute atomic E-state index is 12.7. The van der Waals surface area contributed by atoms with E-state index in [1.165, 1.54) is 34.3 Å². The molecule has 3 heterocycles. The fourth-order valence-electron chi connectivity index (χ4n) is 3.69. The van der Waals surface area contributed by atoms with Gasteiger partial charge >= 0.3 is 0 Å². The second-order valence-electron chi connectivity index (χ2n) is 6.99. The second-order valence-corrected chi connectivity index (χ2v) is 8.92. The number of nitrogens with zero attached hydrogens (tertiary/aromatic N) is 4. The van der Waals surface area contributed by atoms with Crippen molar-refractivity contribution in [3.63, 3.8) is 0 Å². The van der Waals surface area contributed by atoms with Crippen molar-refractivity contribution in [1.82, 2.24) is 18.4 Å². The summed E-state index contributed by atoms with van der Waals surface area (Å²) >= 11 is 0. The predicted octanol–water partition coefficient (Wildman–Crippen LogP) is -0.416. The zero-order valence-corrected chi connectivity index (χ0v) is 15.8. The van der Waals surface area contributed by atoms with Crippen LogP contribution in [0.2, 0.25) is 0 Å². The highest BCUT2D eigenvalue weighted by molar-refractivity contribution is 7.86. The fourth-order valence-corrected chi connectivity index (χ4v) is 5.26. The van der Waals surface area contributed by atoms with Gasteiger partial charge in [0, 0.05) is 39.3 Å². The van der Waals surface area contributed by atoms with Crippen molar-refractivity contribution < 1.29 is 17.9 Å². The van der Waals surface area contributed by atoms with Crippen LogP contribution in [0.15, 0.2) is 0 Å². The normalized spacial score (nSPS) is 25.7. The lowest BCUT2D eigenvalue weighted by molar-refractivity contribution is -0.133. The van der Waals surface area contributed by atoms with Crippen molar-refractivity contribution in [2.75, 3.05) is 72.1 Å². The Bertz CT molecular complexity index is 534. The summed E-state index contributed by atoms with van der Waals surface area (Å²) in [6.07, 6.45) is 4.84. The molecule has 3 fully saturated rings. The summed E-state index contributed by atoms with van der Waals surface area (Å²) < 4.78 is 33.5. The lowest BCUT2D eigenvalue weighted by atomic mass is 10.2. The molecule has 3 aliphatic rings. The number of piperazine rings is 1. The lowest BCUT2D eigenvalue weighted by Crippen LogP contribution is -2.56. The number of amides is 1. The summed E-state index contributed by atoms with van der Waals surface area (Å²) in [5, 5.41) is 0. The number of hydrogen-bond donors (Lipinski definition) is 0. The molecule has 1 amide bonds. The van der Waals surface area contributed by atoms with E-state index in [9.17, 15) is 13.2 Å². The first-order valence-electron chi connectivity index (χ1n) is 9.40. The van der Waals surface area contributed by atoms with E-state index in [1.54, 1.807) is 0 Å². The van der Waals surface area contributed by atoms with Crippen LogP contribution in [0.25, 0.3) is 0 Å². The van der Waals surface area contributed by atoms with Gasteiger partial charge in [0.05, 0.1) is 19.8 Å². The number of likely N-dealkylation sites (tertiary alicyclic amines) is 1. The first-order chi connectivity index (χ1) is 12.1. The highest BCUT2D eigenvalue weighted by Gasteiger charge is 2.34. The monoisotopic (exact) mass is 374 g/mol. The smallest absolute Gasteiger partial charge is 0.282 e. The van der Waals surface area contributed by atoms with Gasteiger partial charge in [-0.25, -0.2) is 0 Å². The Balaban J connectivity index is 1.48. The van der Waals surface area contributed by atoms with Crippen LogP contribution in [0.4, 0.5) is 0 Å². The van der Waals surface area contributed by atoms with Gasteiger partial charge in [-0.3, -0.25) is 9.69 Å². The van der Waals surface area contributed by atoms with Crippen molar-refractivity contribution in [2.45, 2.75) is 25.7 Å². The van der Waals surface area contributed by atoms with Crippen LogP contribution >= 0.6 is 0 Å². The van der Waals surface area contributed by atoms with E-state index in [0.29, 0.717) is 59.0 Å². The summed E-state index contributed by atoms with van der Waals surface area (Å²) in [6.45, 7) is 5.92. The third-order valence-corrected chi connectivity index (χ3v) is 7.31. The van der Waals surface area contributed by atoms with Gasteiger partial charge in [-0.05, 0) is 25.9 Å². The largest absolute Gasteiger partial charge is 0.379 e. The molecule has 9 heteroatoms. The Labute approximate surface area is 150 Å². The van der Waals surface area contributed by atoms with Crippen LogP contribution < -0.4 is 0 Å². The van der Waals surface area contributed by atoms with Gasteiger partial charge in [0.15, 0.2) is 0 Å². The van der Waals surface area contributed by atoms with Crippen LogP contribution in [0.3, 0.4) is 0 Å². The molecule has 0 aliphatic carbocycles. The molecular formula is C16H30N4O4S. The maximum Gasteiger partial charge on any atom is 0.282 e. The van der Waals surface area contributed by atoms with E-state index in [1.807, 2.05) is 4.90 Å². The van der Waals surface area contributed by atoms with Crippen molar-refractivity contribution in [3.05, 3.63) is 0 Å². The molecule has 0 bridgehead atoms. The minimum atomic E-state index is -3.43. The van der Waals surface area contributed by atoms with E-state index >= 15 is 0 Å². The number of morpholine rings is 1. The predicted molar refractivity (Wildman–Crippen MR) is 94.4 cm³/mol. The van der Waals surface area contributed by atoms with Gasteiger partial charge in [0.1, 0.15) is 0 Å². The summed E-state index contributed by atoms with van der Waals surface area (Å²) in [6, 6.07) is 0. The summed E-state index contributed by atoms with van der Waals surface area (Å²) in [4.78, 5) is 16.6. The van der Waals surface area contributed by atoms with Crippen LogP contribution in [0, 0.1) is 0 Å². The van der Waals surface area contributed by atoms with Crippen molar-refractivity contribution in [3.8, 4) is 0 Å². The fraction of sp³-hybridized carbons (Fsp3) is 0.938. The first-order valence-corrected chi connectivity index (χ1v) is 10.8. The SMILES string of the molecule is O=C(CN1CCCCCC1)N1CCN(S(=O)(=O)N2CCOCC2)CC1. The van der Waals surface area contributed by atoms with E-state index in [4.69, 9.17) is 4.74 Å². The molecule has 0 spiro atoms. The highest BCUT2D eigenvalue weighted by Crippen LogP contribution is 2.15. The minimum absolute atomic E-state index is 0.130. The first kappa shape index (κ1) is 19.0. The van der Waals surface area contributed by atoms with Crippen LogP contribution in [-0.4, -0.2) is 105 Å². The molecule has 8 nitrogen and oxygen atoms in total. The van der Waals surface area contributed by atoms with Crippen molar-refractivity contribution in [2.24, 2.45) is 0 Å². The number of ether oxygens (including phenoxy) is 1. The molecule has 0 radical (unpaired) electrons. The van der Waals surface area contributed by atoms with Crippen LogP contribution in [0.5, 0.6) is 0 Å². The molecule has 144 valence electrons. The molecule has 0 unspecified atom stereocenters. The molecule has 25 heavy (non-hydrogen) atoms. The maximum atomic E-state index is 12.7. The third kappa shape index (κ3) is 4.91. The van der Waals surface area contributed by atoms with Gasteiger partial charge in [0.2, 0.25) is 5.91 Å². The van der Waals surface area contributed by atoms with E-state index in [2.05, 4.69) is 4.90 Å². The highest BCUT2D eigenvalue weighted by atomic mass is 32.2. The molecule has 0 saturated carbocycles. The zero-order chi connectivity index (χ0) is 17.7. The Morgan fingerprint density at radius 3 is 1.92 bits per heavy atom. The van der Waals surface area contributed by atoms with Gasteiger partial charge in [-0.15, -0.1) is 0 Å². The molecule has 0 N–H and O–H groups in total. The Morgan fingerprint density at radius 1 is 0.760 bits per heavy atom. The topological polar surface area (TPSA) is 73.4 Å². The summed E-state index contributed by atoms with van der Waals surface area (Å²) in [5.41, 5.74) is 0. The minimum Gasteiger partial charge on any atom is -0.379 e. The van der Waals surface area contributed by atoms with Gasteiger partial charge in [-0.2, -0.15) is 17.0 Å². The molecule has 0 atom stereocenters. The van der Waals surface area contributed by atoms with E-state index < -0.39 is 10.2 Å². The average molecular weight is 375 g/mol. The lowest BCUT2D eigenvalue weighted by Gasteiger charge is -2.38. The Hall–Kier alpha value is -0.740.